The zero-order chi connectivity index (χ0) is 9.12. The first-order chi connectivity index (χ1) is 4.71. The molecule has 0 spiro atoms. The van der Waals surface area contributed by atoms with Crippen molar-refractivity contribution in [2.45, 2.75) is 39.3 Å². The van der Waals surface area contributed by atoms with Crippen molar-refractivity contribution >= 4 is 16.1 Å². The van der Waals surface area contributed by atoms with Crippen LogP contribution in [-0.4, -0.2) is 16.1 Å². The second-order valence-electron chi connectivity index (χ2n) is 5.26. The van der Waals surface area contributed by atoms with Crippen LogP contribution in [0.4, 0.5) is 0 Å². The molecule has 66 valence electrons. The molecular weight excluding hydrogens is 203 g/mol. The second-order valence-corrected chi connectivity index (χ2v) is 15.4. The Kier molecular flexibility index (Phi) is 8.35. The van der Waals surface area contributed by atoms with Gasteiger partial charge in [0.2, 0.25) is 0 Å². The zero-order valence-electron chi connectivity index (χ0n) is 9.73. The Morgan fingerprint density at radius 2 is 1.33 bits per heavy atom. The van der Waals surface area contributed by atoms with Crippen LogP contribution in [-0.2, 0) is 0 Å². The van der Waals surface area contributed by atoms with E-state index in [1.165, 1.54) is 0 Å². The van der Waals surface area contributed by atoms with Crippen LogP contribution in [0, 0.1) is 6.04 Å². The van der Waals surface area contributed by atoms with Gasteiger partial charge in [0.05, 0.1) is 0 Å². The largest absolute Gasteiger partial charge is 1.00 e. The molecule has 0 saturated heterocycles. The zero-order valence-corrected chi connectivity index (χ0v) is 14.9. The van der Waals surface area contributed by atoms with Gasteiger partial charge in [-0.05, 0) is 16.1 Å². The Hall–Kier alpha value is 1.68. The van der Waals surface area contributed by atoms with Gasteiger partial charge in [0.25, 0.3) is 0 Å². The number of rotatable bonds is 3. The minimum Gasteiger partial charge on any atom is -0.235 e. The summed E-state index contributed by atoms with van der Waals surface area (Å²) in [5.74, 6) is 0. The van der Waals surface area contributed by atoms with Crippen molar-refractivity contribution in [3.05, 3.63) is 17.8 Å². The molecule has 0 atom stereocenters. The van der Waals surface area contributed by atoms with Crippen LogP contribution in [0.3, 0.4) is 0 Å². The molecule has 0 bridgehead atoms. The Labute approximate surface area is 123 Å². The maximum Gasteiger partial charge on any atom is 1.00 e. The predicted molar refractivity (Wildman–Crippen MR) is 60.1 cm³/mol. The normalized spacial score (nSPS) is 12.8. The molecule has 0 rings (SSSR count). The molecule has 0 saturated carbocycles. The van der Waals surface area contributed by atoms with E-state index in [0.717, 1.165) is 0 Å². The Balaban J connectivity index is 0. The molecule has 0 amide bonds. The summed E-state index contributed by atoms with van der Waals surface area (Å²) in [6.07, 6.45) is 2.29. The quantitative estimate of drug-likeness (QED) is 0.484. The van der Waals surface area contributed by atoms with Crippen LogP contribution in [0.25, 0.3) is 0 Å². The fourth-order valence-electron chi connectivity index (χ4n) is 0.625. The fraction of sp³-hybridized carbons (Fsp3) is 0.667. The second kappa shape index (κ2) is 6.22. The molecule has 0 aliphatic carbocycles. The number of allylic oxidation sites excluding steroid dienone is 1. The number of hydrogen-bond acceptors (Lipinski definition) is 0. The van der Waals surface area contributed by atoms with Gasteiger partial charge in [0.15, 0.2) is 0 Å². The smallest absolute Gasteiger partial charge is 0.235 e. The molecule has 0 unspecified atom stereocenters. The van der Waals surface area contributed by atoms with Crippen LogP contribution in [0.1, 0.15) is 0 Å². The van der Waals surface area contributed by atoms with Crippen LogP contribution < -0.4 is 51.4 Å². The van der Waals surface area contributed by atoms with Crippen molar-refractivity contribution in [2.24, 2.45) is 0 Å². The molecule has 0 aliphatic heterocycles. The third-order valence-electron chi connectivity index (χ3n) is 1.19. The monoisotopic (exact) mass is 224 g/mol. The minimum absolute atomic E-state index is 0. The molecule has 0 aromatic rings. The molecule has 0 N–H and O–H groups in total. The molecule has 0 nitrogen and oxygen atoms in total. The molecule has 0 aromatic carbocycles. The van der Waals surface area contributed by atoms with Crippen molar-refractivity contribution in [1.82, 2.24) is 0 Å². The summed E-state index contributed by atoms with van der Waals surface area (Å²) in [7, 11) is -1.89. The van der Waals surface area contributed by atoms with Crippen molar-refractivity contribution < 1.29 is 51.4 Å². The summed E-state index contributed by atoms with van der Waals surface area (Å²) in [6, 6.07) is 2.41. The molecule has 0 aliphatic rings. The maximum absolute atomic E-state index is 2.41. The molecule has 0 heterocycles. The molecule has 0 fully saturated rings. The third kappa shape index (κ3) is 14.2. The van der Waals surface area contributed by atoms with E-state index in [4.69, 9.17) is 0 Å². The van der Waals surface area contributed by atoms with Gasteiger partial charge in [0, 0.05) is 0 Å². The van der Waals surface area contributed by atoms with Crippen LogP contribution >= 0.6 is 0 Å². The van der Waals surface area contributed by atoms with E-state index < -0.39 is 16.1 Å². The molecule has 0 aromatic heterocycles. The summed E-state index contributed by atoms with van der Waals surface area (Å²) in [4.78, 5) is 0. The molecule has 3 heteroatoms. The van der Waals surface area contributed by atoms with Gasteiger partial charge in [0.1, 0.15) is 0 Å². The Morgan fingerprint density at radius 1 is 0.917 bits per heavy atom. The van der Waals surface area contributed by atoms with Gasteiger partial charge < -0.3 is 0 Å². The van der Waals surface area contributed by atoms with Crippen molar-refractivity contribution in [3.8, 4) is 0 Å². The van der Waals surface area contributed by atoms with Crippen molar-refractivity contribution in [3.63, 3.8) is 0 Å². The van der Waals surface area contributed by atoms with E-state index in [9.17, 15) is 0 Å². The van der Waals surface area contributed by atoms with E-state index >= 15 is 0 Å². The first-order valence-electron chi connectivity index (χ1n) is 4.24. The van der Waals surface area contributed by atoms with Crippen molar-refractivity contribution in [2.75, 3.05) is 0 Å². The van der Waals surface area contributed by atoms with E-state index in [-0.39, 0.29) is 51.4 Å². The summed E-state index contributed by atoms with van der Waals surface area (Å²) in [6.45, 7) is 14.2. The topological polar surface area (TPSA) is 0 Å². The summed E-state index contributed by atoms with van der Waals surface area (Å²) >= 11 is 0. The van der Waals surface area contributed by atoms with Gasteiger partial charge in [-0.15, -0.1) is 0 Å². The standard InChI is InChI=1S/C9H21Si2.K/c1-10(2,3)8-7-9-11(4,5)6;/h7-9H,1-6H3;/q-1;+1/b8-7+;. The van der Waals surface area contributed by atoms with Gasteiger partial charge >= 0.3 is 51.4 Å². The molecule has 0 radical (unpaired) electrons. The minimum atomic E-state index is -0.947. The molecule has 12 heavy (non-hydrogen) atoms. The molecular formula is C9H21KSi2. The first-order valence-corrected chi connectivity index (χ1v) is 11.4. The van der Waals surface area contributed by atoms with Gasteiger partial charge in [-0.1, -0.05) is 39.3 Å². The summed E-state index contributed by atoms with van der Waals surface area (Å²) in [5, 5.41) is 0. The van der Waals surface area contributed by atoms with Gasteiger partial charge in [-0.25, -0.2) is 17.8 Å². The van der Waals surface area contributed by atoms with E-state index in [0.29, 0.717) is 0 Å². The fourth-order valence-corrected chi connectivity index (χ4v) is 2.17. The average molecular weight is 225 g/mol. The van der Waals surface area contributed by atoms with Crippen LogP contribution in [0.2, 0.25) is 39.3 Å². The van der Waals surface area contributed by atoms with Crippen molar-refractivity contribution in [1.29, 1.82) is 0 Å². The maximum atomic E-state index is 2.41. The first kappa shape index (κ1) is 16.1. The predicted octanol–water partition coefficient (Wildman–Crippen LogP) is 0.506. The number of hydrogen-bond donors (Lipinski definition) is 0. The Morgan fingerprint density at radius 3 is 1.58 bits per heavy atom. The third-order valence-corrected chi connectivity index (χ3v) is 3.58. The van der Waals surface area contributed by atoms with E-state index in [2.05, 4.69) is 57.1 Å². The summed E-state index contributed by atoms with van der Waals surface area (Å²) in [5.41, 5.74) is 2.41. The van der Waals surface area contributed by atoms with E-state index in [1.54, 1.807) is 0 Å². The van der Waals surface area contributed by atoms with E-state index in [1.807, 2.05) is 0 Å². The Bertz CT molecular complexity index is 140. The average Bonchev–Trinajstić information content (AvgIpc) is 1.55. The van der Waals surface area contributed by atoms with Crippen LogP contribution in [0.15, 0.2) is 11.8 Å². The van der Waals surface area contributed by atoms with Gasteiger partial charge in [-0.3, -0.25) is 0 Å². The SMILES string of the molecule is C[Si](C)(C)/C=C/[CH-][Si](C)(C)C.[K+]. The van der Waals surface area contributed by atoms with Gasteiger partial charge in [-0.2, -0.15) is 0 Å². The summed E-state index contributed by atoms with van der Waals surface area (Å²) < 4.78 is 0. The van der Waals surface area contributed by atoms with Crippen LogP contribution in [0.5, 0.6) is 0 Å².